The Labute approximate surface area is 114 Å². The minimum Gasteiger partial charge on any atom is -0.350 e. The van der Waals surface area contributed by atoms with E-state index in [4.69, 9.17) is 5.26 Å². The van der Waals surface area contributed by atoms with E-state index >= 15 is 0 Å². The number of nitrogens with one attached hydrogen (secondary N) is 1. The monoisotopic (exact) mass is 304 g/mol. The first-order valence-corrected chi connectivity index (χ1v) is 5.51. The van der Waals surface area contributed by atoms with E-state index in [1.54, 1.807) is 6.07 Å². The Hall–Kier alpha value is -2.43. The molecule has 1 N–H and O–H groups in total. The molecule has 2 nitrogen and oxygen atoms in total. The molecule has 0 amide bonds. The third-order valence-corrected chi connectivity index (χ3v) is 2.74. The van der Waals surface area contributed by atoms with Gasteiger partial charge in [-0.2, -0.15) is 31.6 Å². The molecule has 0 aliphatic carbocycles. The van der Waals surface area contributed by atoms with Gasteiger partial charge in [-0.15, -0.1) is 0 Å². The molecule has 0 aliphatic rings. The predicted molar refractivity (Wildman–Crippen MR) is 60.9 cm³/mol. The lowest BCUT2D eigenvalue weighted by Gasteiger charge is -2.07. The molecule has 0 fully saturated rings. The van der Waals surface area contributed by atoms with Gasteiger partial charge in [0, 0.05) is 0 Å². The average Bonchev–Trinajstić information content (AvgIpc) is 2.81. The van der Waals surface area contributed by atoms with Crippen LogP contribution in [0, 0.1) is 11.3 Å². The van der Waals surface area contributed by atoms with Crippen molar-refractivity contribution in [1.29, 1.82) is 5.26 Å². The molecule has 1 aromatic heterocycles. The van der Waals surface area contributed by atoms with Crippen LogP contribution >= 0.6 is 0 Å². The number of benzene rings is 1. The summed E-state index contributed by atoms with van der Waals surface area (Å²) in [7, 11) is 0. The summed E-state index contributed by atoms with van der Waals surface area (Å²) in [5, 5.41) is 8.83. The van der Waals surface area contributed by atoms with Gasteiger partial charge in [-0.05, 0) is 23.8 Å². The summed E-state index contributed by atoms with van der Waals surface area (Å²) < 4.78 is 74.9. The number of H-pyrrole nitrogens is 1. The highest BCUT2D eigenvalue weighted by molar-refractivity contribution is 5.68. The first-order chi connectivity index (χ1) is 9.63. The van der Waals surface area contributed by atoms with Gasteiger partial charge < -0.3 is 4.98 Å². The molecule has 21 heavy (non-hydrogen) atoms. The molecule has 1 aromatic carbocycles. The molecule has 1 heterocycles. The zero-order valence-electron chi connectivity index (χ0n) is 10.1. The van der Waals surface area contributed by atoms with Crippen LogP contribution in [-0.2, 0) is 12.4 Å². The fourth-order valence-corrected chi connectivity index (χ4v) is 1.75. The van der Waals surface area contributed by atoms with Crippen molar-refractivity contribution >= 4 is 0 Å². The van der Waals surface area contributed by atoms with E-state index in [1.807, 2.05) is 4.98 Å². The number of aromatic nitrogens is 1. The van der Waals surface area contributed by atoms with Crippen molar-refractivity contribution in [2.24, 2.45) is 0 Å². The lowest BCUT2D eigenvalue weighted by Crippen LogP contribution is -2.05. The predicted octanol–water partition coefficient (Wildman–Crippen LogP) is 4.59. The maximum Gasteiger partial charge on any atom is 0.431 e. The third-order valence-electron chi connectivity index (χ3n) is 2.74. The van der Waals surface area contributed by atoms with Crippen LogP contribution in [0.3, 0.4) is 0 Å². The molecule has 0 radical (unpaired) electrons. The van der Waals surface area contributed by atoms with Gasteiger partial charge in [0.05, 0.1) is 16.8 Å². The molecule has 0 saturated heterocycles. The van der Waals surface area contributed by atoms with E-state index in [-0.39, 0.29) is 16.8 Å². The number of rotatable bonds is 1. The van der Waals surface area contributed by atoms with E-state index in [9.17, 15) is 26.3 Å². The maximum atomic E-state index is 12.6. The van der Waals surface area contributed by atoms with Gasteiger partial charge in [-0.1, -0.05) is 12.1 Å². The zero-order valence-corrected chi connectivity index (χ0v) is 10.1. The highest BCUT2D eigenvalue weighted by Gasteiger charge is 2.34. The second-order valence-corrected chi connectivity index (χ2v) is 4.16. The van der Waals surface area contributed by atoms with Gasteiger partial charge in [0.25, 0.3) is 0 Å². The van der Waals surface area contributed by atoms with Crippen molar-refractivity contribution in [1.82, 2.24) is 4.98 Å². The number of hydrogen-bond acceptors (Lipinski definition) is 1. The van der Waals surface area contributed by atoms with Crippen LogP contribution in [0.1, 0.15) is 16.8 Å². The molecule has 110 valence electrons. The van der Waals surface area contributed by atoms with E-state index in [0.29, 0.717) is 6.07 Å². The molecule has 0 atom stereocenters. The van der Waals surface area contributed by atoms with Crippen LogP contribution < -0.4 is 0 Å². The van der Waals surface area contributed by atoms with E-state index in [2.05, 4.69) is 0 Å². The molecule has 0 spiro atoms. The van der Waals surface area contributed by atoms with E-state index in [1.165, 1.54) is 0 Å². The topological polar surface area (TPSA) is 39.6 Å². The van der Waals surface area contributed by atoms with Crippen LogP contribution in [0.5, 0.6) is 0 Å². The van der Waals surface area contributed by atoms with Crippen LogP contribution in [0.15, 0.2) is 30.3 Å². The molecule has 0 aliphatic heterocycles. The normalized spacial score (nSPS) is 12.2. The fourth-order valence-electron chi connectivity index (χ4n) is 1.75. The summed E-state index contributed by atoms with van der Waals surface area (Å²) in [5.74, 6) is 0. The highest BCUT2D eigenvalue weighted by atomic mass is 19.4. The molecule has 0 unspecified atom stereocenters. The minimum atomic E-state index is -4.67. The zero-order chi connectivity index (χ0) is 15.8. The van der Waals surface area contributed by atoms with Gasteiger partial charge in [-0.3, -0.25) is 0 Å². The number of nitriles is 1. The molecule has 0 bridgehead atoms. The van der Waals surface area contributed by atoms with Crippen molar-refractivity contribution in [3.8, 4) is 17.3 Å². The third kappa shape index (κ3) is 3.02. The van der Waals surface area contributed by atoms with Gasteiger partial charge in [0.15, 0.2) is 0 Å². The Morgan fingerprint density at radius 1 is 0.905 bits per heavy atom. The number of alkyl halides is 6. The summed E-state index contributed by atoms with van der Waals surface area (Å²) in [6.45, 7) is 0. The van der Waals surface area contributed by atoms with Crippen LogP contribution in [0.4, 0.5) is 26.3 Å². The van der Waals surface area contributed by atoms with Gasteiger partial charge in [-0.25, -0.2) is 0 Å². The SMILES string of the molecule is N#Cc1cc(C(F)(F)F)[nH]c1-c1ccc(C(F)(F)F)cc1. The molecule has 2 rings (SSSR count). The largest absolute Gasteiger partial charge is 0.431 e. The molecular formula is C13H6F6N2. The van der Waals surface area contributed by atoms with E-state index < -0.39 is 23.6 Å². The molecule has 8 heteroatoms. The first-order valence-electron chi connectivity index (χ1n) is 5.51. The second kappa shape index (κ2) is 4.84. The highest BCUT2D eigenvalue weighted by Crippen LogP contribution is 2.35. The molecular weight excluding hydrogens is 298 g/mol. The minimum absolute atomic E-state index is 0.0649. The lowest BCUT2D eigenvalue weighted by atomic mass is 10.1. The number of aromatic amines is 1. The van der Waals surface area contributed by atoms with Crippen LogP contribution in [0.2, 0.25) is 0 Å². The van der Waals surface area contributed by atoms with Crippen molar-refractivity contribution in [2.45, 2.75) is 12.4 Å². The van der Waals surface area contributed by atoms with Gasteiger partial charge in [0.1, 0.15) is 11.8 Å². The standard InChI is InChI=1S/C13H6F6N2/c14-12(15,16)9-3-1-7(2-4-9)11-8(6-20)5-10(21-11)13(17,18)19/h1-5,21H. The number of nitrogens with zero attached hydrogens (tertiary/aromatic N) is 1. The molecule has 0 saturated carbocycles. The Kier molecular flexibility index (Phi) is 3.45. The number of hydrogen-bond donors (Lipinski definition) is 1. The lowest BCUT2D eigenvalue weighted by molar-refractivity contribution is -0.140. The average molecular weight is 304 g/mol. The summed E-state index contributed by atoms with van der Waals surface area (Å²) in [5.41, 5.74) is -2.45. The van der Waals surface area contributed by atoms with Crippen LogP contribution in [0.25, 0.3) is 11.3 Å². The Morgan fingerprint density at radius 3 is 1.90 bits per heavy atom. The molecule has 2 aromatic rings. The van der Waals surface area contributed by atoms with E-state index in [0.717, 1.165) is 24.3 Å². The van der Waals surface area contributed by atoms with Crippen molar-refractivity contribution in [3.05, 3.63) is 47.2 Å². The Bertz CT molecular complexity index is 685. The van der Waals surface area contributed by atoms with Crippen molar-refractivity contribution in [2.75, 3.05) is 0 Å². The first kappa shape index (κ1) is 15.0. The second-order valence-electron chi connectivity index (χ2n) is 4.16. The Balaban J connectivity index is 2.48. The Morgan fingerprint density at radius 2 is 1.48 bits per heavy atom. The quantitative estimate of drug-likeness (QED) is 0.769. The summed E-state index contributed by atoms with van der Waals surface area (Å²) in [6.07, 6.45) is -9.21. The van der Waals surface area contributed by atoms with Crippen LogP contribution in [-0.4, -0.2) is 4.98 Å². The van der Waals surface area contributed by atoms with Crippen molar-refractivity contribution in [3.63, 3.8) is 0 Å². The van der Waals surface area contributed by atoms with Crippen molar-refractivity contribution < 1.29 is 26.3 Å². The van der Waals surface area contributed by atoms with Gasteiger partial charge >= 0.3 is 12.4 Å². The number of halogens is 6. The smallest absolute Gasteiger partial charge is 0.350 e. The maximum absolute atomic E-state index is 12.6. The van der Waals surface area contributed by atoms with Gasteiger partial charge in [0.2, 0.25) is 0 Å². The summed E-state index contributed by atoms with van der Waals surface area (Å²) >= 11 is 0. The fraction of sp³-hybridized carbons (Fsp3) is 0.154. The summed E-state index contributed by atoms with van der Waals surface area (Å²) in [6, 6.07) is 5.70. The summed E-state index contributed by atoms with van der Waals surface area (Å²) in [4.78, 5) is 2.02.